The molecule has 0 bridgehead atoms. The molecule has 2 amide bonds. The summed E-state index contributed by atoms with van der Waals surface area (Å²) in [4.78, 5) is 13.5. The summed E-state index contributed by atoms with van der Waals surface area (Å²) in [6.45, 7) is 0.768. The fourth-order valence-corrected chi connectivity index (χ4v) is 2.42. The Morgan fingerprint density at radius 1 is 1.41 bits per heavy atom. The van der Waals surface area contributed by atoms with E-state index in [1.807, 2.05) is 0 Å². The van der Waals surface area contributed by atoms with Crippen LogP contribution in [0.1, 0.15) is 18.4 Å². The van der Waals surface area contributed by atoms with E-state index in [1.54, 1.807) is 0 Å². The predicted octanol–water partition coefficient (Wildman–Crippen LogP) is 3.08. The zero-order valence-electron chi connectivity index (χ0n) is 11.7. The van der Waals surface area contributed by atoms with Crippen LogP contribution >= 0.6 is 0 Å². The molecule has 1 aliphatic heterocycles. The Morgan fingerprint density at radius 3 is 2.77 bits per heavy atom. The number of aliphatic hydroxyl groups excluding tert-OH is 1. The van der Waals surface area contributed by atoms with E-state index in [1.165, 1.54) is 4.90 Å². The van der Waals surface area contributed by atoms with Gasteiger partial charge in [0, 0.05) is 25.4 Å². The molecular weight excluding hydrogens is 304 g/mol. The third-order valence-corrected chi connectivity index (χ3v) is 3.59. The quantitative estimate of drug-likeness (QED) is 0.823. The third-order valence-electron chi connectivity index (χ3n) is 3.59. The summed E-state index contributed by atoms with van der Waals surface area (Å²) in [6, 6.07) is 1.76. The first kappa shape index (κ1) is 16.5. The highest BCUT2D eigenvalue weighted by atomic mass is 19.4. The lowest BCUT2D eigenvalue weighted by Crippen LogP contribution is -2.43. The van der Waals surface area contributed by atoms with Gasteiger partial charge in [-0.3, -0.25) is 0 Å². The minimum atomic E-state index is -4.82. The van der Waals surface area contributed by atoms with Crippen molar-refractivity contribution in [1.82, 2.24) is 4.90 Å². The van der Waals surface area contributed by atoms with Crippen molar-refractivity contribution in [2.45, 2.75) is 19.0 Å². The molecule has 0 aromatic heterocycles. The Morgan fingerprint density at radius 2 is 2.14 bits per heavy atom. The Kier molecular flexibility index (Phi) is 4.90. The second-order valence-corrected chi connectivity index (χ2v) is 5.26. The number of hydrogen-bond donors (Lipinski definition) is 2. The lowest BCUT2D eigenvalue weighted by atomic mass is 9.99. The molecule has 1 fully saturated rings. The van der Waals surface area contributed by atoms with E-state index >= 15 is 0 Å². The van der Waals surface area contributed by atoms with Crippen molar-refractivity contribution in [2.75, 3.05) is 25.0 Å². The monoisotopic (exact) mass is 320 g/mol. The van der Waals surface area contributed by atoms with E-state index in [-0.39, 0.29) is 18.2 Å². The second-order valence-electron chi connectivity index (χ2n) is 5.26. The van der Waals surface area contributed by atoms with Crippen molar-refractivity contribution in [1.29, 1.82) is 0 Å². The number of nitrogens with zero attached hydrogens (tertiary/aromatic N) is 1. The van der Waals surface area contributed by atoms with Crippen molar-refractivity contribution in [3.05, 3.63) is 29.6 Å². The van der Waals surface area contributed by atoms with Gasteiger partial charge in [-0.05, 0) is 37.0 Å². The number of likely N-dealkylation sites (tertiary alicyclic amines) is 1. The van der Waals surface area contributed by atoms with Gasteiger partial charge in [0.1, 0.15) is 5.82 Å². The molecule has 2 rings (SSSR count). The van der Waals surface area contributed by atoms with Gasteiger partial charge in [0.2, 0.25) is 0 Å². The number of anilines is 1. The summed E-state index contributed by atoms with van der Waals surface area (Å²) < 4.78 is 51.1. The van der Waals surface area contributed by atoms with E-state index in [0.717, 1.165) is 18.9 Å². The Hall–Kier alpha value is -1.83. The summed E-state index contributed by atoms with van der Waals surface area (Å²) in [5, 5.41) is 11.4. The highest BCUT2D eigenvalue weighted by Gasteiger charge is 2.34. The van der Waals surface area contributed by atoms with Crippen molar-refractivity contribution in [3.63, 3.8) is 0 Å². The maximum Gasteiger partial charge on any atom is 0.419 e. The molecule has 0 spiro atoms. The number of hydrogen-bond acceptors (Lipinski definition) is 2. The Labute approximate surface area is 124 Å². The highest BCUT2D eigenvalue weighted by molar-refractivity contribution is 5.89. The normalized spacial score (nSPS) is 19.1. The van der Waals surface area contributed by atoms with Gasteiger partial charge in [-0.25, -0.2) is 9.18 Å². The van der Waals surface area contributed by atoms with Gasteiger partial charge in [-0.1, -0.05) is 0 Å². The molecule has 1 saturated heterocycles. The summed E-state index contributed by atoms with van der Waals surface area (Å²) in [6.07, 6.45) is -3.30. The number of halogens is 4. The van der Waals surface area contributed by atoms with E-state index in [9.17, 15) is 22.4 Å². The zero-order valence-corrected chi connectivity index (χ0v) is 11.7. The van der Waals surface area contributed by atoms with Crippen LogP contribution in [-0.2, 0) is 6.18 Å². The van der Waals surface area contributed by atoms with Gasteiger partial charge < -0.3 is 15.3 Å². The smallest absolute Gasteiger partial charge is 0.396 e. The lowest BCUT2D eigenvalue weighted by Gasteiger charge is -2.31. The zero-order chi connectivity index (χ0) is 16.3. The van der Waals surface area contributed by atoms with E-state index in [4.69, 9.17) is 5.11 Å². The first-order chi connectivity index (χ1) is 10.3. The second kappa shape index (κ2) is 6.51. The molecule has 0 saturated carbocycles. The molecule has 8 heteroatoms. The van der Waals surface area contributed by atoms with Crippen LogP contribution in [0, 0.1) is 11.7 Å². The summed E-state index contributed by atoms with van der Waals surface area (Å²) in [5.74, 6) is -1.41. The molecular formula is C14H16F4N2O2. The first-order valence-corrected chi connectivity index (χ1v) is 6.85. The van der Waals surface area contributed by atoms with Crippen LogP contribution in [0.2, 0.25) is 0 Å². The minimum Gasteiger partial charge on any atom is -0.396 e. The number of piperidine rings is 1. The van der Waals surface area contributed by atoms with Crippen LogP contribution in [0.25, 0.3) is 0 Å². The molecule has 22 heavy (non-hydrogen) atoms. The number of carbonyl (C=O) groups is 1. The van der Waals surface area contributed by atoms with Crippen molar-refractivity contribution in [2.24, 2.45) is 5.92 Å². The van der Waals surface area contributed by atoms with Crippen LogP contribution in [0.3, 0.4) is 0 Å². The van der Waals surface area contributed by atoms with Crippen molar-refractivity contribution in [3.8, 4) is 0 Å². The number of rotatable bonds is 2. The highest BCUT2D eigenvalue weighted by Crippen LogP contribution is 2.33. The van der Waals surface area contributed by atoms with E-state index in [0.29, 0.717) is 25.2 Å². The average molecular weight is 320 g/mol. The molecule has 2 N–H and O–H groups in total. The predicted molar refractivity (Wildman–Crippen MR) is 71.8 cm³/mol. The van der Waals surface area contributed by atoms with Crippen LogP contribution in [0.5, 0.6) is 0 Å². The lowest BCUT2D eigenvalue weighted by molar-refractivity contribution is -0.139. The summed E-state index contributed by atoms with van der Waals surface area (Å²) in [5.41, 5.74) is -1.54. The largest absolute Gasteiger partial charge is 0.419 e. The number of carbonyl (C=O) groups excluding carboxylic acids is 1. The van der Waals surface area contributed by atoms with Gasteiger partial charge in [-0.15, -0.1) is 0 Å². The van der Waals surface area contributed by atoms with Crippen LogP contribution in [0.15, 0.2) is 18.2 Å². The van der Waals surface area contributed by atoms with Crippen molar-refractivity contribution < 1.29 is 27.5 Å². The molecule has 1 atom stereocenters. The maximum atomic E-state index is 13.2. The SMILES string of the molecule is O=C(Nc1ccc(F)c(C(F)(F)F)c1)N1CCCC(CO)C1. The third kappa shape index (κ3) is 3.88. The molecule has 1 unspecified atom stereocenters. The molecule has 0 radical (unpaired) electrons. The fraction of sp³-hybridized carbons (Fsp3) is 0.500. The number of benzene rings is 1. The number of urea groups is 1. The number of alkyl halides is 3. The molecule has 0 aliphatic carbocycles. The summed E-state index contributed by atoms with van der Waals surface area (Å²) >= 11 is 0. The Bertz CT molecular complexity index is 548. The average Bonchev–Trinajstić information content (AvgIpc) is 2.48. The van der Waals surface area contributed by atoms with Crippen molar-refractivity contribution >= 4 is 11.7 Å². The number of aliphatic hydroxyl groups is 1. The molecule has 1 aliphatic rings. The van der Waals surface area contributed by atoms with E-state index in [2.05, 4.69) is 5.32 Å². The molecule has 122 valence electrons. The maximum absolute atomic E-state index is 13.2. The van der Waals surface area contributed by atoms with Gasteiger partial charge in [0.05, 0.1) is 5.56 Å². The summed E-state index contributed by atoms with van der Waals surface area (Å²) in [7, 11) is 0. The molecule has 1 aromatic rings. The van der Waals surface area contributed by atoms with Gasteiger partial charge in [0.25, 0.3) is 0 Å². The molecule has 1 heterocycles. The van der Waals surface area contributed by atoms with Gasteiger partial charge in [0.15, 0.2) is 0 Å². The van der Waals surface area contributed by atoms with Crippen LogP contribution in [-0.4, -0.2) is 35.7 Å². The number of nitrogens with one attached hydrogen (secondary N) is 1. The van der Waals surface area contributed by atoms with Gasteiger partial charge in [-0.2, -0.15) is 13.2 Å². The standard InChI is InChI=1S/C14H16F4N2O2/c15-12-4-3-10(6-11(12)14(16,17)18)19-13(22)20-5-1-2-9(7-20)8-21/h3-4,6,9,21H,1-2,5,7-8H2,(H,19,22). The fourth-order valence-electron chi connectivity index (χ4n) is 2.42. The first-order valence-electron chi connectivity index (χ1n) is 6.85. The Balaban J connectivity index is 2.09. The topological polar surface area (TPSA) is 52.6 Å². The number of amides is 2. The van der Waals surface area contributed by atoms with Gasteiger partial charge >= 0.3 is 12.2 Å². The van der Waals surface area contributed by atoms with Crippen LogP contribution < -0.4 is 5.32 Å². The van der Waals surface area contributed by atoms with Crippen LogP contribution in [0.4, 0.5) is 28.0 Å². The van der Waals surface area contributed by atoms with E-state index < -0.39 is 23.6 Å². The minimum absolute atomic E-state index is 0.0292. The molecule has 1 aromatic carbocycles. The molecule has 4 nitrogen and oxygen atoms in total.